The van der Waals surface area contributed by atoms with Gasteiger partial charge in [-0.05, 0) is 35.8 Å². The van der Waals surface area contributed by atoms with E-state index in [0.717, 1.165) is 10.9 Å². The summed E-state index contributed by atoms with van der Waals surface area (Å²) in [5, 5.41) is 5.24. The zero-order valence-corrected chi connectivity index (χ0v) is 11.4. The van der Waals surface area contributed by atoms with Crippen LogP contribution in [0.3, 0.4) is 0 Å². The molecule has 17 heavy (non-hydrogen) atoms. The number of hydrogen-bond donors (Lipinski definition) is 0. The third-order valence-electron chi connectivity index (χ3n) is 2.65. The van der Waals surface area contributed by atoms with Crippen LogP contribution in [0.2, 0.25) is 0 Å². The number of methoxy groups -OCH3 is 1. The molecule has 90 valence electrons. The first kappa shape index (κ1) is 12.0. The second-order valence-electron chi connectivity index (χ2n) is 4.15. The van der Waals surface area contributed by atoms with E-state index in [4.69, 9.17) is 4.74 Å². The number of nitrogens with zero attached hydrogens (tertiary/aromatic N) is 3. The van der Waals surface area contributed by atoms with Crippen LogP contribution in [0.25, 0.3) is 10.9 Å². The highest BCUT2D eigenvalue weighted by Crippen LogP contribution is 2.28. The van der Waals surface area contributed by atoms with Gasteiger partial charge in [-0.3, -0.25) is 4.98 Å². The molecule has 0 aromatic carbocycles. The number of ether oxygens (including phenoxy) is 1. The fourth-order valence-electron chi connectivity index (χ4n) is 1.69. The van der Waals surface area contributed by atoms with E-state index >= 15 is 0 Å². The SMILES string of the molecule is COC(=O)C(C)(C)n1nc(Br)c2ccncc21. The van der Waals surface area contributed by atoms with Crippen molar-refractivity contribution in [3.8, 4) is 0 Å². The van der Waals surface area contributed by atoms with Crippen molar-refractivity contribution in [3.05, 3.63) is 23.1 Å². The van der Waals surface area contributed by atoms with Crippen LogP contribution in [0, 0.1) is 0 Å². The number of esters is 1. The van der Waals surface area contributed by atoms with E-state index in [2.05, 4.69) is 26.0 Å². The molecule has 0 radical (unpaired) electrons. The monoisotopic (exact) mass is 297 g/mol. The lowest BCUT2D eigenvalue weighted by Crippen LogP contribution is -2.37. The Balaban J connectivity index is 2.68. The van der Waals surface area contributed by atoms with Crippen molar-refractivity contribution in [3.63, 3.8) is 0 Å². The van der Waals surface area contributed by atoms with Crippen molar-refractivity contribution in [1.82, 2.24) is 14.8 Å². The van der Waals surface area contributed by atoms with Gasteiger partial charge in [0.1, 0.15) is 4.60 Å². The molecule has 5 nitrogen and oxygen atoms in total. The lowest BCUT2D eigenvalue weighted by Gasteiger charge is -2.22. The Morgan fingerprint density at radius 2 is 2.24 bits per heavy atom. The van der Waals surface area contributed by atoms with Gasteiger partial charge in [-0.2, -0.15) is 5.10 Å². The number of pyridine rings is 1. The molecule has 0 atom stereocenters. The summed E-state index contributed by atoms with van der Waals surface area (Å²) in [4.78, 5) is 15.8. The molecule has 0 spiro atoms. The number of hydrogen-bond acceptors (Lipinski definition) is 4. The molecule has 0 amide bonds. The van der Waals surface area contributed by atoms with Gasteiger partial charge in [-0.25, -0.2) is 9.48 Å². The third kappa shape index (κ3) is 1.82. The predicted octanol–water partition coefficient (Wildman–Crippen LogP) is 2.10. The molecule has 0 saturated heterocycles. The minimum atomic E-state index is -0.873. The minimum Gasteiger partial charge on any atom is -0.467 e. The van der Waals surface area contributed by atoms with E-state index in [1.165, 1.54) is 7.11 Å². The zero-order valence-electron chi connectivity index (χ0n) is 9.77. The predicted molar refractivity (Wildman–Crippen MR) is 66.6 cm³/mol. The summed E-state index contributed by atoms with van der Waals surface area (Å²) in [7, 11) is 1.36. The lowest BCUT2D eigenvalue weighted by molar-refractivity contribution is -0.149. The quantitative estimate of drug-likeness (QED) is 0.797. The van der Waals surface area contributed by atoms with Crippen LogP contribution in [0.5, 0.6) is 0 Å². The van der Waals surface area contributed by atoms with Gasteiger partial charge in [-0.15, -0.1) is 0 Å². The molecular weight excluding hydrogens is 286 g/mol. The van der Waals surface area contributed by atoms with E-state index in [1.54, 1.807) is 30.9 Å². The first-order chi connectivity index (χ1) is 7.98. The zero-order chi connectivity index (χ0) is 12.6. The van der Waals surface area contributed by atoms with Crippen LogP contribution in [-0.4, -0.2) is 27.8 Å². The molecular formula is C11H12BrN3O2. The average molecular weight is 298 g/mol. The maximum atomic E-state index is 11.8. The molecule has 0 bridgehead atoms. The van der Waals surface area contributed by atoms with Gasteiger partial charge in [0.05, 0.1) is 18.8 Å². The first-order valence-corrected chi connectivity index (χ1v) is 5.85. The molecule has 0 aliphatic carbocycles. The fourth-order valence-corrected chi connectivity index (χ4v) is 2.18. The van der Waals surface area contributed by atoms with Crippen LogP contribution in [0.15, 0.2) is 23.1 Å². The molecule has 2 rings (SSSR count). The fraction of sp³-hybridized carbons (Fsp3) is 0.364. The van der Waals surface area contributed by atoms with Gasteiger partial charge < -0.3 is 4.74 Å². The number of fused-ring (bicyclic) bond motifs is 1. The number of rotatable bonds is 2. The summed E-state index contributed by atoms with van der Waals surface area (Å²) in [6.45, 7) is 3.51. The van der Waals surface area contributed by atoms with Gasteiger partial charge in [0.2, 0.25) is 0 Å². The van der Waals surface area contributed by atoms with Crippen LogP contribution >= 0.6 is 15.9 Å². The van der Waals surface area contributed by atoms with Crippen LogP contribution in [0.1, 0.15) is 13.8 Å². The van der Waals surface area contributed by atoms with Crippen molar-refractivity contribution in [1.29, 1.82) is 0 Å². The maximum absolute atomic E-state index is 11.8. The van der Waals surface area contributed by atoms with Crippen LogP contribution < -0.4 is 0 Å². The van der Waals surface area contributed by atoms with Crippen molar-refractivity contribution >= 4 is 32.8 Å². The summed E-state index contributed by atoms with van der Waals surface area (Å²) in [5.74, 6) is -0.349. The van der Waals surface area contributed by atoms with Crippen molar-refractivity contribution < 1.29 is 9.53 Å². The summed E-state index contributed by atoms with van der Waals surface area (Å²) in [6, 6.07) is 1.84. The highest BCUT2D eigenvalue weighted by molar-refractivity contribution is 9.10. The van der Waals surface area contributed by atoms with E-state index in [0.29, 0.717) is 4.60 Å². The van der Waals surface area contributed by atoms with Crippen molar-refractivity contribution in [2.45, 2.75) is 19.4 Å². The van der Waals surface area contributed by atoms with Gasteiger partial charge in [0.15, 0.2) is 5.54 Å². The number of carbonyl (C=O) groups excluding carboxylic acids is 1. The highest BCUT2D eigenvalue weighted by atomic mass is 79.9. The third-order valence-corrected chi connectivity index (χ3v) is 3.24. The molecule has 6 heteroatoms. The van der Waals surface area contributed by atoms with Gasteiger partial charge in [0.25, 0.3) is 0 Å². The lowest BCUT2D eigenvalue weighted by atomic mass is 10.1. The van der Waals surface area contributed by atoms with Gasteiger partial charge in [-0.1, -0.05) is 0 Å². The van der Waals surface area contributed by atoms with Gasteiger partial charge in [0, 0.05) is 11.6 Å². The summed E-state index contributed by atoms with van der Waals surface area (Å²) < 4.78 is 7.10. The smallest absolute Gasteiger partial charge is 0.333 e. The van der Waals surface area contributed by atoms with E-state index in [1.807, 2.05) is 6.07 Å². The molecule has 2 aromatic heterocycles. The molecule has 0 N–H and O–H groups in total. The number of halogens is 1. The van der Waals surface area contributed by atoms with Crippen LogP contribution in [0.4, 0.5) is 0 Å². The Kier molecular flexibility index (Phi) is 2.91. The Hall–Kier alpha value is -1.43. The normalized spacial score (nSPS) is 11.8. The Morgan fingerprint density at radius 3 is 2.88 bits per heavy atom. The second-order valence-corrected chi connectivity index (χ2v) is 4.90. The first-order valence-electron chi connectivity index (χ1n) is 5.05. The maximum Gasteiger partial charge on any atom is 0.333 e. The topological polar surface area (TPSA) is 57.0 Å². The van der Waals surface area contributed by atoms with E-state index in [9.17, 15) is 4.79 Å². The molecule has 0 aliphatic rings. The largest absolute Gasteiger partial charge is 0.467 e. The Morgan fingerprint density at radius 1 is 1.53 bits per heavy atom. The standard InChI is InChI=1S/C11H12BrN3O2/c1-11(2,10(16)17-3)15-8-6-13-5-4-7(8)9(12)14-15/h4-6H,1-3H3. The molecule has 2 aromatic rings. The summed E-state index contributed by atoms with van der Waals surface area (Å²) in [6.07, 6.45) is 3.36. The Labute approximate surface area is 107 Å². The highest BCUT2D eigenvalue weighted by Gasteiger charge is 2.33. The molecule has 2 heterocycles. The van der Waals surface area contributed by atoms with Crippen molar-refractivity contribution in [2.75, 3.05) is 7.11 Å². The molecule has 0 saturated carbocycles. The van der Waals surface area contributed by atoms with Crippen LogP contribution in [-0.2, 0) is 15.1 Å². The number of carbonyl (C=O) groups is 1. The average Bonchev–Trinajstić information content (AvgIpc) is 2.67. The second kappa shape index (κ2) is 4.10. The molecule has 0 fully saturated rings. The molecule has 0 aliphatic heterocycles. The van der Waals surface area contributed by atoms with E-state index in [-0.39, 0.29) is 5.97 Å². The summed E-state index contributed by atoms with van der Waals surface area (Å²) in [5.41, 5.74) is -0.0861. The Bertz CT molecular complexity index is 577. The van der Waals surface area contributed by atoms with E-state index < -0.39 is 5.54 Å². The minimum absolute atomic E-state index is 0.349. The molecule has 0 unspecified atom stereocenters. The summed E-state index contributed by atoms with van der Waals surface area (Å²) >= 11 is 3.37. The number of aromatic nitrogens is 3. The van der Waals surface area contributed by atoms with Crippen molar-refractivity contribution in [2.24, 2.45) is 0 Å². The van der Waals surface area contributed by atoms with Gasteiger partial charge >= 0.3 is 5.97 Å².